The summed E-state index contributed by atoms with van der Waals surface area (Å²) in [5.74, 6) is 1.67. The summed E-state index contributed by atoms with van der Waals surface area (Å²) in [4.78, 5) is 0. The van der Waals surface area contributed by atoms with Gasteiger partial charge in [0.25, 0.3) is 0 Å². The van der Waals surface area contributed by atoms with Crippen LogP contribution in [0.4, 0.5) is 0 Å². The lowest BCUT2D eigenvalue weighted by Crippen LogP contribution is -1.96. The lowest BCUT2D eigenvalue weighted by atomic mass is 10.0. The van der Waals surface area contributed by atoms with Crippen LogP contribution in [-0.4, -0.2) is 7.11 Å². The van der Waals surface area contributed by atoms with Crippen LogP contribution < -0.4 is 10.5 Å². The molecule has 2 aromatic rings. The van der Waals surface area contributed by atoms with Crippen LogP contribution in [0.15, 0.2) is 34.9 Å². The number of aryl methyl sites for hydroxylation is 1. The predicted octanol–water partition coefficient (Wildman–Crippen LogP) is 2.72. The molecule has 0 aliphatic rings. The fourth-order valence-electron chi connectivity index (χ4n) is 1.80. The molecule has 2 N–H and O–H groups in total. The molecule has 0 radical (unpaired) electrons. The Morgan fingerprint density at radius 3 is 2.69 bits per heavy atom. The van der Waals surface area contributed by atoms with Gasteiger partial charge in [0.1, 0.15) is 11.5 Å². The van der Waals surface area contributed by atoms with Gasteiger partial charge < -0.3 is 14.9 Å². The van der Waals surface area contributed by atoms with Crippen LogP contribution in [0, 0.1) is 6.92 Å². The molecule has 3 nitrogen and oxygen atoms in total. The Morgan fingerprint density at radius 2 is 2.06 bits per heavy atom. The minimum absolute atomic E-state index is 0.411. The molecule has 0 aliphatic carbocycles. The van der Waals surface area contributed by atoms with Gasteiger partial charge in [-0.1, -0.05) is 6.07 Å². The van der Waals surface area contributed by atoms with Gasteiger partial charge in [-0.3, -0.25) is 0 Å². The van der Waals surface area contributed by atoms with Crippen molar-refractivity contribution < 1.29 is 9.15 Å². The molecule has 84 valence electrons. The molecule has 0 amide bonds. The molecular weight excluding hydrogens is 202 g/mol. The van der Waals surface area contributed by atoms with Crippen molar-refractivity contribution in [3.05, 3.63) is 41.9 Å². The van der Waals surface area contributed by atoms with E-state index in [0.29, 0.717) is 6.54 Å². The molecule has 0 bridgehead atoms. The highest BCUT2D eigenvalue weighted by Crippen LogP contribution is 2.29. The van der Waals surface area contributed by atoms with Crippen molar-refractivity contribution in [1.29, 1.82) is 0 Å². The second-order valence-corrected chi connectivity index (χ2v) is 3.64. The molecule has 0 fully saturated rings. The van der Waals surface area contributed by atoms with Gasteiger partial charge >= 0.3 is 0 Å². The zero-order valence-corrected chi connectivity index (χ0v) is 9.49. The number of methoxy groups -OCH3 is 1. The minimum Gasteiger partial charge on any atom is -0.497 e. The van der Waals surface area contributed by atoms with Gasteiger partial charge in [-0.2, -0.15) is 0 Å². The SMILES string of the molecule is COc1ccc(-c2ccoc2CN)c(C)c1. The minimum atomic E-state index is 0.411. The summed E-state index contributed by atoms with van der Waals surface area (Å²) >= 11 is 0. The molecule has 3 heteroatoms. The highest BCUT2D eigenvalue weighted by Gasteiger charge is 2.09. The molecule has 0 spiro atoms. The largest absolute Gasteiger partial charge is 0.497 e. The van der Waals surface area contributed by atoms with E-state index in [4.69, 9.17) is 14.9 Å². The molecule has 2 rings (SSSR count). The van der Waals surface area contributed by atoms with Crippen LogP contribution in [0.5, 0.6) is 5.75 Å². The van der Waals surface area contributed by atoms with Crippen molar-refractivity contribution in [3.63, 3.8) is 0 Å². The number of rotatable bonds is 3. The molecule has 1 heterocycles. The Bertz CT molecular complexity index is 488. The van der Waals surface area contributed by atoms with Gasteiger partial charge in [-0.15, -0.1) is 0 Å². The van der Waals surface area contributed by atoms with E-state index in [-0.39, 0.29) is 0 Å². The van der Waals surface area contributed by atoms with E-state index in [1.165, 1.54) is 0 Å². The molecule has 1 aromatic carbocycles. The van der Waals surface area contributed by atoms with Gasteiger partial charge in [-0.25, -0.2) is 0 Å². The lowest BCUT2D eigenvalue weighted by Gasteiger charge is -2.07. The number of hydrogen-bond acceptors (Lipinski definition) is 3. The number of ether oxygens (including phenoxy) is 1. The van der Waals surface area contributed by atoms with Gasteiger partial charge in [0.15, 0.2) is 0 Å². The average molecular weight is 217 g/mol. The number of benzene rings is 1. The van der Waals surface area contributed by atoms with Crippen LogP contribution in [-0.2, 0) is 6.54 Å². The Labute approximate surface area is 94.8 Å². The Morgan fingerprint density at radius 1 is 1.25 bits per heavy atom. The van der Waals surface area contributed by atoms with Gasteiger partial charge in [0, 0.05) is 5.56 Å². The number of furan rings is 1. The molecule has 0 unspecified atom stereocenters. The van der Waals surface area contributed by atoms with E-state index >= 15 is 0 Å². The zero-order chi connectivity index (χ0) is 11.5. The van der Waals surface area contributed by atoms with Crippen molar-refractivity contribution in [2.24, 2.45) is 5.73 Å². The summed E-state index contributed by atoms with van der Waals surface area (Å²) in [7, 11) is 1.66. The van der Waals surface area contributed by atoms with Crippen LogP contribution in [0.2, 0.25) is 0 Å². The Kier molecular flexibility index (Phi) is 2.97. The van der Waals surface area contributed by atoms with Crippen molar-refractivity contribution in [3.8, 4) is 16.9 Å². The average Bonchev–Trinajstić information content (AvgIpc) is 2.76. The fraction of sp³-hybridized carbons (Fsp3) is 0.231. The van der Waals surface area contributed by atoms with E-state index in [0.717, 1.165) is 28.2 Å². The second kappa shape index (κ2) is 4.41. The van der Waals surface area contributed by atoms with E-state index in [2.05, 4.69) is 0 Å². The summed E-state index contributed by atoms with van der Waals surface area (Å²) in [6.45, 7) is 2.46. The molecular formula is C13H15NO2. The molecule has 16 heavy (non-hydrogen) atoms. The van der Waals surface area contributed by atoms with Gasteiger partial charge in [0.2, 0.25) is 0 Å². The third-order valence-electron chi connectivity index (χ3n) is 2.65. The number of hydrogen-bond donors (Lipinski definition) is 1. The smallest absolute Gasteiger partial charge is 0.125 e. The van der Waals surface area contributed by atoms with E-state index in [1.54, 1.807) is 13.4 Å². The summed E-state index contributed by atoms with van der Waals surface area (Å²) in [6.07, 6.45) is 1.67. The van der Waals surface area contributed by atoms with Gasteiger partial charge in [0.05, 0.1) is 19.9 Å². The van der Waals surface area contributed by atoms with E-state index in [1.807, 2.05) is 31.2 Å². The van der Waals surface area contributed by atoms with Crippen LogP contribution in [0.1, 0.15) is 11.3 Å². The maximum Gasteiger partial charge on any atom is 0.125 e. The highest BCUT2D eigenvalue weighted by molar-refractivity contribution is 5.69. The Hall–Kier alpha value is -1.74. The molecule has 0 saturated carbocycles. The third kappa shape index (κ3) is 1.82. The molecule has 0 aliphatic heterocycles. The first-order valence-electron chi connectivity index (χ1n) is 5.17. The van der Waals surface area contributed by atoms with Crippen molar-refractivity contribution in [2.45, 2.75) is 13.5 Å². The normalized spacial score (nSPS) is 10.4. The van der Waals surface area contributed by atoms with E-state index < -0.39 is 0 Å². The van der Waals surface area contributed by atoms with Crippen LogP contribution in [0.3, 0.4) is 0 Å². The standard InChI is InChI=1S/C13H15NO2/c1-9-7-10(15-2)3-4-11(9)12-5-6-16-13(12)8-14/h3-7H,8,14H2,1-2H3. The van der Waals surface area contributed by atoms with Crippen LogP contribution in [0.25, 0.3) is 11.1 Å². The second-order valence-electron chi connectivity index (χ2n) is 3.64. The van der Waals surface area contributed by atoms with Crippen molar-refractivity contribution >= 4 is 0 Å². The molecule has 0 atom stereocenters. The predicted molar refractivity (Wildman–Crippen MR) is 63.3 cm³/mol. The number of nitrogens with two attached hydrogens (primary N) is 1. The maximum absolute atomic E-state index is 5.62. The first-order chi connectivity index (χ1) is 7.76. The van der Waals surface area contributed by atoms with Crippen molar-refractivity contribution in [2.75, 3.05) is 7.11 Å². The quantitative estimate of drug-likeness (QED) is 0.859. The zero-order valence-electron chi connectivity index (χ0n) is 9.49. The summed E-state index contributed by atoms with van der Waals surface area (Å²) < 4.78 is 10.5. The summed E-state index contributed by atoms with van der Waals surface area (Å²) in [6, 6.07) is 7.91. The lowest BCUT2D eigenvalue weighted by molar-refractivity contribution is 0.414. The van der Waals surface area contributed by atoms with Crippen molar-refractivity contribution in [1.82, 2.24) is 0 Å². The van der Waals surface area contributed by atoms with Gasteiger partial charge in [-0.05, 0) is 36.2 Å². The fourth-order valence-corrected chi connectivity index (χ4v) is 1.80. The first kappa shape index (κ1) is 10.8. The Balaban J connectivity index is 2.48. The monoisotopic (exact) mass is 217 g/mol. The third-order valence-corrected chi connectivity index (χ3v) is 2.65. The summed E-state index contributed by atoms with van der Waals surface area (Å²) in [5.41, 5.74) is 8.96. The molecule has 0 saturated heterocycles. The van der Waals surface area contributed by atoms with Crippen LogP contribution >= 0.6 is 0 Å². The topological polar surface area (TPSA) is 48.4 Å². The highest BCUT2D eigenvalue weighted by atomic mass is 16.5. The van der Waals surface area contributed by atoms with E-state index in [9.17, 15) is 0 Å². The first-order valence-corrected chi connectivity index (χ1v) is 5.17. The molecule has 1 aromatic heterocycles. The summed E-state index contributed by atoms with van der Waals surface area (Å²) in [5, 5.41) is 0. The maximum atomic E-state index is 5.62.